The van der Waals surface area contributed by atoms with Gasteiger partial charge in [-0.3, -0.25) is 4.57 Å². The molecule has 0 amide bonds. The Morgan fingerprint density at radius 3 is 2.60 bits per heavy atom. The Kier molecular flexibility index (Phi) is 2.79. The molecule has 4 nitrogen and oxygen atoms in total. The quantitative estimate of drug-likeness (QED) is 0.774. The zero-order valence-corrected chi connectivity index (χ0v) is 11.3. The summed E-state index contributed by atoms with van der Waals surface area (Å²) in [6.45, 7) is 3.75. The van der Waals surface area contributed by atoms with E-state index in [0.29, 0.717) is 5.56 Å². The summed E-state index contributed by atoms with van der Waals surface area (Å²) in [6, 6.07) is 13.2. The maximum Gasteiger partial charge on any atom is 0.335 e. The molecule has 0 spiro atoms. The lowest BCUT2D eigenvalue weighted by atomic mass is 10.1. The minimum Gasteiger partial charge on any atom is -0.478 e. The second kappa shape index (κ2) is 4.49. The average Bonchev–Trinajstić information content (AvgIpc) is 2.73. The van der Waals surface area contributed by atoms with Gasteiger partial charge in [-0.1, -0.05) is 12.1 Å². The van der Waals surface area contributed by atoms with Crippen LogP contribution in [0.4, 0.5) is 0 Å². The zero-order valence-electron chi connectivity index (χ0n) is 11.3. The van der Waals surface area contributed by atoms with Crippen molar-refractivity contribution in [3.8, 4) is 5.69 Å². The zero-order chi connectivity index (χ0) is 14.3. The van der Waals surface area contributed by atoms with Crippen LogP contribution in [0.15, 0.2) is 42.5 Å². The number of benzene rings is 2. The fraction of sp³-hybridized carbons (Fsp3) is 0.125. The molecule has 20 heavy (non-hydrogen) atoms. The number of carboxylic acid groups (broad SMARTS) is 1. The minimum atomic E-state index is -0.902. The molecule has 0 bridgehead atoms. The number of nitrogens with zero attached hydrogens (tertiary/aromatic N) is 2. The standard InChI is InChI=1S/C16H14N2O2/c1-10-9-12(7-8-13(10)16(19)20)18-11(2)17-14-5-3-4-6-15(14)18/h3-9H,1-2H3,(H,19,20). The number of aromatic carboxylic acids is 1. The predicted molar refractivity (Wildman–Crippen MR) is 77.5 cm³/mol. The highest BCUT2D eigenvalue weighted by atomic mass is 16.4. The fourth-order valence-corrected chi connectivity index (χ4v) is 2.50. The third-order valence-corrected chi connectivity index (χ3v) is 3.43. The molecule has 100 valence electrons. The van der Waals surface area contributed by atoms with Crippen LogP contribution < -0.4 is 0 Å². The second-order valence-corrected chi connectivity index (χ2v) is 4.79. The van der Waals surface area contributed by atoms with Gasteiger partial charge in [0.05, 0.1) is 16.6 Å². The number of aryl methyl sites for hydroxylation is 2. The number of carbonyl (C=O) groups is 1. The molecule has 1 aromatic heterocycles. The van der Waals surface area contributed by atoms with Gasteiger partial charge < -0.3 is 5.11 Å². The van der Waals surface area contributed by atoms with Gasteiger partial charge in [-0.05, 0) is 49.7 Å². The van der Waals surface area contributed by atoms with Crippen molar-refractivity contribution in [1.29, 1.82) is 0 Å². The SMILES string of the molecule is Cc1cc(-n2c(C)nc3ccccc32)ccc1C(=O)O. The first kappa shape index (κ1) is 12.4. The van der Waals surface area contributed by atoms with Gasteiger partial charge in [-0.15, -0.1) is 0 Å². The van der Waals surface area contributed by atoms with E-state index in [1.807, 2.05) is 47.9 Å². The summed E-state index contributed by atoms with van der Waals surface area (Å²) in [5, 5.41) is 9.09. The summed E-state index contributed by atoms with van der Waals surface area (Å²) < 4.78 is 2.04. The van der Waals surface area contributed by atoms with Crippen LogP contribution in [0.1, 0.15) is 21.7 Å². The summed E-state index contributed by atoms with van der Waals surface area (Å²) in [5.74, 6) is -0.0186. The Labute approximate surface area is 116 Å². The first-order valence-corrected chi connectivity index (χ1v) is 6.36. The molecule has 0 saturated carbocycles. The lowest BCUT2D eigenvalue weighted by Crippen LogP contribution is -2.02. The van der Waals surface area contributed by atoms with Crippen LogP contribution in [0.3, 0.4) is 0 Å². The van der Waals surface area contributed by atoms with E-state index >= 15 is 0 Å². The first-order valence-electron chi connectivity index (χ1n) is 6.36. The number of imidazole rings is 1. The topological polar surface area (TPSA) is 55.1 Å². The summed E-state index contributed by atoms with van der Waals surface area (Å²) in [7, 11) is 0. The second-order valence-electron chi connectivity index (χ2n) is 4.79. The van der Waals surface area contributed by atoms with E-state index in [1.165, 1.54) is 0 Å². The monoisotopic (exact) mass is 266 g/mol. The van der Waals surface area contributed by atoms with Crippen LogP contribution in [-0.2, 0) is 0 Å². The summed E-state index contributed by atoms with van der Waals surface area (Å²) in [5.41, 5.74) is 3.96. The van der Waals surface area contributed by atoms with Crippen molar-refractivity contribution in [2.24, 2.45) is 0 Å². The molecule has 0 saturated heterocycles. The highest BCUT2D eigenvalue weighted by Gasteiger charge is 2.12. The Morgan fingerprint density at radius 1 is 1.15 bits per heavy atom. The number of para-hydroxylation sites is 2. The largest absolute Gasteiger partial charge is 0.478 e. The Balaban J connectivity index is 2.23. The van der Waals surface area contributed by atoms with Gasteiger partial charge in [0.1, 0.15) is 5.82 Å². The molecular formula is C16H14N2O2. The van der Waals surface area contributed by atoms with Crippen LogP contribution in [0.2, 0.25) is 0 Å². The van der Waals surface area contributed by atoms with E-state index in [9.17, 15) is 4.79 Å². The van der Waals surface area contributed by atoms with Crippen LogP contribution in [0.25, 0.3) is 16.7 Å². The van der Waals surface area contributed by atoms with E-state index in [0.717, 1.165) is 28.1 Å². The van der Waals surface area contributed by atoms with E-state index in [-0.39, 0.29) is 0 Å². The van der Waals surface area contributed by atoms with Gasteiger partial charge in [-0.25, -0.2) is 9.78 Å². The highest BCUT2D eigenvalue weighted by Crippen LogP contribution is 2.22. The molecule has 0 fully saturated rings. The fourth-order valence-electron chi connectivity index (χ4n) is 2.50. The van der Waals surface area contributed by atoms with Crippen molar-refractivity contribution in [3.63, 3.8) is 0 Å². The molecule has 2 aromatic carbocycles. The molecule has 0 atom stereocenters. The lowest BCUT2D eigenvalue weighted by Gasteiger charge is -2.09. The normalized spacial score (nSPS) is 10.9. The van der Waals surface area contributed by atoms with Gasteiger partial charge in [-0.2, -0.15) is 0 Å². The number of carboxylic acids is 1. The van der Waals surface area contributed by atoms with E-state index in [4.69, 9.17) is 5.11 Å². The highest BCUT2D eigenvalue weighted by molar-refractivity contribution is 5.89. The maximum atomic E-state index is 11.1. The van der Waals surface area contributed by atoms with Gasteiger partial charge in [0.25, 0.3) is 0 Å². The minimum absolute atomic E-state index is 0.329. The molecule has 1 heterocycles. The number of hydrogen-bond donors (Lipinski definition) is 1. The third-order valence-electron chi connectivity index (χ3n) is 3.43. The van der Waals surface area contributed by atoms with E-state index in [1.54, 1.807) is 13.0 Å². The van der Waals surface area contributed by atoms with Crippen molar-refractivity contribution < 1.29 is 9.90 Å². The molecule has 4 heteroatoms. The molecule has 0 aliphatic carbocycles. The molecular weight excluding hydrogens is 252 g/mol. The molecule has 1 N–H and O–H groups in total. The van der Waals surface area contributed by atoms with Gasteiger partial charge in [0.2, 0.25) is 0 Å². The average molecular weight is 266 g/mol. The maximum absolute atomic E-state index is 11.1. The van der Waals surface area contributed by atoms with Crippen LogP contribution in [0, 0.1) is 13.8 Å². The van der Waals surface area contributed by atoms with Crippen molar-refractivity contribution in [2.75, 3.05) is 0 Å². The van der Waals surface area contributed by atoms with E-state index in [2.05, 4.69) is 4.98 Å². The number of fused-ring (bicyclic) bond motifs is 1. The summed E-state index contributed by atoms with van der Waals surface area (Å²) in [4.78, 5) is 15.6. The number of hydrogen-bond acceptors (Lipinski definition) is 2. The smallest absolute Gasteiger partial charge is 0.335 e. The molecule has 0 aliphatic rings. The van der Waals surface area contributed by atoms with Crippen molar-refractivity contribution in [1.82, 2.24) is 9.55 Å². The molecule has 0 aliphatic heterocycles. The van der Waals surface area contributed by atoms with Crippen molar-refractivity contribution in [2.45, 2.75) is 13.8 Å². The molecule has 0 unspecified atom stereocenters. The van der Waals surface area contributed by atoms with Crippen LogP contribution >= 0.6 is 0 Å². The van der Waals surface area contributed by atoms with Crippen molar-refractivity contribution >= 4 is 17.0 Å². The Bertz CT molecular complexity index is 818. The molecule has 3 rings (SSSR count). The first-order chi connectivity index (χ1) is 9.58. The van der Waals surface area contributed by atoms with E-state index < -0.39 is 5.97 Å². The van der Waals surface area contributed by atoms with Gasteiger partial charge >= 0.3 is 5.97 Å². The number of aromatic nitrogens is 2. The summed E-state index contributed by atoms with van der Waals surface area (Å²) in [6.07, 6.45) is 0. The Hall–Kier alpha value is -2.62. The summed E-state index contributed by atoms with van der Waals surface area (Å²) >= 11 is 0. The molecule has 0 radical (unpaired) electrons. The third kappa shape index (κ3) is 1.86. The lowest BCUT2D eigenvalue weighted by molar-refractivity contribution is 0.0696. The van der Waals surface area contributed by atoms with Crippen molar-refractivity contribution in [3.05, 3.63) is 59.4 Å². The predicted octanol–water partition coefficient (Wildman–Crippen LogP) is 3.34. The van der Waals surface area contributed by atoms with Gasteiger partial charge in [0.15, 0.2) is 0 Å². The number of rotatable bonds is 2. The van der Waals surface area contributed by atoms with Crippen LogP contribution in [-0.4, -0.2) is 20.6 Å². The molecule has 3 aromatic rings. The Morgan fingerprint density at radius 2 is 1.90 bits per heavy atom. The van der Waals surface area contributed by atoms with Crippen LogP contribution in [0.5, 0.6) is 0 Å². The van der Waals surface area contributed by atoms with Gasteiger partial charge in [0, 0.05) is 5.69 Å².